The van der Waals surface area contributed by atoms with Crippen LogP contribution in [0, 0.1) is 5.92 Å². The molecule has 3 unspecified atom stereocenters. The van der Waals surface area contributed by atoms with Crippen LogP contribution in [0.25, 0.3) is 0 Å². The lowest BCUT2D eigenvalue weighted by Crippen LogP contribution is -2.44. The van der Waals surface area contributed by atoms with Gasteiger partial charge in [-0.05, 0) is 44.2 Å². The molecule has 1 aromatic carbocycles. The van der Waals surface area contributed by atoms with Crippen LogP contribution in [0.2, 0.25) is 0 Å². The van der Waals surface area contributed by atoms with Crippen molar-refractivity contribution in [2.45, 2.75) is 72.4 Å². The number of carbonyl (C=O) groups is 1. The molecule has 2 rings (SSSR count). The average Bonchev–Trinajstić information content (AvgIpc) is 2.59. The average molecular weight is 377 g/mol. The summed E-state index contributed by atoms with van der Waals surface area (Å²) in [4.78, 5) is 14.6. The van der Waals surface area contributed by atoms with Gasteiger partial charge in [-0.1, -0.05) is 38.1 Å². The predicted molar refractivity (Wildman–Crippen MR) is 108 cm³/mol. The van der Waals surface area contributed by atoms with Gasteiger partial charge in [-0.15, -0.1) is 0 Å². The molecular formula is C22H36N2O3. The molecular weight excluding hydrogens is 340 g/mol. The third-order valence-electron chi connectivity index (χ3n) is 4.82. The second kappa shape index (κ2) is 10.8. The van der Waals surface area contributed by atoms with Crippen molar-refractivity contribution < 1.29 is 14.3 Å². The third-order valence-corrected chi connectivity index (χ3v) is 4.82. The number of ether oxygens (including phenoxy) is 2. The molecule has 0 spiro atoms. The summed E-state index contributed by atoms with van der Waals surface area (Å²) in [7, 11) is 0. The van der Waals surface area contributed by atoms with Crippen LogP contribution in [-0.2, 0) is 27.4 Å². The lowest BCUT2D eigenvalue weighted by molar-refractivity contribution is -0.132. The van der Waals surface area contributed by atoms with Crippen LogP contribution in [0.5, 0.6) is 0 Å². The number of carbonyl (C=O) groups excluding carboxylic acids is 1. The Balaban J connectivity index is 1.74. The van der Waals surface area contributed by atoms with Gasteiger partial charge in [0.1, 0.15) is 6.10 Å². The Kier molecular flexibility index (Phi) is 8.74. The Hall–Kier alpha value is -1.43. The number of benzene rings is 1. The van der Waals surface area contributed by atoms with Crippen LogP contribution in [0.4, 0.5) is 0 Å². The second-order valence-electron chi connectivity index (χ2n) is 8.18. The molecule has 0 radical (unpaired) electrons. The van der Waals surface area contributed by atoms with Crippen LogP contribution < -0.4 is 5.32 Å². The number of morpholine rings is 1. The Bertz CT molecular complexity index is 563. The SMILES string of the molecule is CC(C)CCOC(C)C(=O)NCc1ccc(CN2CC(C)OC(C)C2)cc1. The molecule has 27 heavy (non-hydrogen) atoms. The van der Waals surface area contributed by atoms with Crippen molar-refractivity contribution in [3.63, 3.8) is 0 Å². The van der Waals surface area contributed by atoms with Gasteiger partial charge in [0.2, 0.25) is 5.91 Å². The van der Waals surface area contributed by atoms with Gasteiger partial charge < -0.3 is 14.8 Å². The first-order valence-electron chi connectivity index (χ1n) is 10.2. The van der Waals surface area contributed by atoms with E-state index in [-0.39, 0.29) is 18.1 Å². The topological polar surface area (TPSA) is 50.8 Å². The second-order valence-corrected chi connectivity index (χ2v) is 8.18. The lowest BCUT2D eigenvalue weighted by atomic mass is 10.1. The molecule has 0 bridgehead atoms. The van der Waals surface area contributed by atoms with E-state index >= 15 is 0 Å². The quantitative estimate of drug-likeness (QED) is 0.718. The van der Waals surface area contributed by atoms with E-state index < -0.39 is 6.10 Å². The van der Waals surface area contributed by atoms with Crippen molar-refractivity contribution in [1.29, 1.82) is 0 Å². The van der Waals surface area contributed by atoms with Crippen LogP contribution >= 0.6 is 0 Å². The molecule has 1 heterocycles. The first kappa shape index (κ1) is 21.9. The van der Waals surface area contributed by atoms with Crippen molar-refractivity contribution in [3.8, 4) is 0 Å². The molecule has 1 aliphatic heterocycles. The van der Waals surface area contributed by atoms with E-state index in [0.717, 1.165) is 31.6 Å². The minimum Gasteiger partial charge on any atom is -0.373 e. The first-order valence-corrected chi connectivity index (χ1v) is 10.2. The van der Waals surface area contributed by atoms with E-state index in [9.17, 15) is 4.79 Å². The molecule has 1 saturated heterocycles. The summed E-state index contributed by atoms with van der Waals surface area (Å²) < 4.78 is 11.4. The smallest absolute Gasteiger partial charge is 0.249 e. The summed E-state index contributed by atoms with van der Waals surface area (Å²) in [5, 5.41) is 2.96. The highest BCUT2D eigenvalue weighted by Crippen LogP contribution is 2.15. The minimum absolute atomic E-state index is 0.0564. The zero-order chi connectivity index (χ0) is 19.8. The molecule has 0 aromatic heterocycles. The Morgan fingerprint density at radius 2 is 1.74 bits per heavy atom. The standard InChI is InChI=1S/C22H36N2O3/c1-16(2)10-11-26-19(5)22(25)23-12-20-6-8-21(9-7-20)15-24-13-17(3)27-18(4)14-24/h6-9,16-19H,10-15H2,1-5H3,(H,23,25). The van der Waals surface area contributed by atoms with Gasteiger partial charge in [-0.2, -0.15) is 0 Å². The zero-order valence-corrected chi connectivity index (χ0v) is 17.5. The molecule has 0 saturated carbocycles. The number of rotatable bonds is 9. The summed E-state index contributed by atoms with van der Waals surface area (Å²) in [6.45, 7) is 14.4. The van der Waals surface area contributed by atoms with E-state index in [1.54, 1.807) is 0 Å². The van der Waals surface area contributed by atoms with E-state index in [4.69, 9.17) is 9.47 Å². The molecule has 1 aromatic rings. The zero-order valence-electron chi connectivity index (χ0n) is 17.5. The maximum atomic E-state index is 12.1. The highest BCUT2D eigenvalue weighted by molar-refractivity contribution is 5.80. The monoisotopic (exact) mass is 376 g/mol. The fourth-order valence-corrected chi connectivity index (χ4v) is 3.32. The van der Waals surface area contributed by atoms with Gasteiger partial charge in [0.25, 0.3) is 0 Å². The molecule has 1 fully saturated rings. The number of nitrogens with zero attached hydrogens (tertiary/aromatic N) is 1. The molecule has 5 nitrogen and oxygen atoms in total. The van der Waals surface area contributed by atoms with Crippen molar-refractivity contribution in [3.05, 3.63) is 35.4 Å². The van der Waals surface area contributed by atoms with Crippen LogP contribution in [-0.4, -0.2) is 48.8 Å². The molecule has 0 aliphatic carbocycles. The van der Waals surface area contributed by atoms with Gasteiger partial charge >= 0.3 is 0 Å². The maximum absolute atomic E-state index is 12.1. The van der Waals surface area contributed by atoms with E-state index in [2.05, 4.69) is 62.2 Å². The highest BCUT2D eigenvalue weighted by Gasteiger charge is 2.22. The Labute approximate surface area is 164 Å². The number of nitrogens with one attached hydrogen (secondary N) is 1. The number of amides is 1. The predicted octanol–water partition coefficient (Wildman–Crippen LogP) is 3.36. The fraction of sp³-hybridized carbons (Fsp3) is 0.682. The molecule has 1 aliphatic rings. The van der Waals surface area contributed by atoms with Crippen LogP contribution in [0.3, 0.4) is 0 Å². The normalized spacial score (nSPS) is 22.0. The minimum atomic E-state index is -0.409. The molecule has 3 atom stereocenters. The summed E-state index contributed by atoms with van der Waals surface area (Å²) in [6, 6.07) is 8.48. The van der Waals surface area contributed by atoms with Crippen molar-refractivity contribution >= 4 is 5.91 Å². The van der Waals surface area contributed by atoms with Gasteiger partial charge in [-0.25, -0.2) is 0 Å². The van der Waals surface area contributed by atoms with Gasteiger partial charge in [-0.3, -0.25) is 9.69 Å². The van der Waals surface area contributed by atoms with E-state index in [1.165, 1.54) is 5.56 Å². The Morgan fingerprint density at radius 3 is 2.33 bits per heavy atom. The molecule has 1 amide bonds. The first-order chi connectivity index (χ1) is 12.8. The van der Waals surface area contributed by atoms with Crippen LogP contribution in [0.1, 0.15) is 52.2 Å². The molecule has 152 valence electrons. The van der Waals surface area contributed by atoms with Gasteiger partial charge in [0.05, 0.1) is 12.2 Å². The summed E-state index contributed by atoms with van der Waals surface area (Å²) in [5.41, 5.74) is 2.39. The lowest BCUT2D eigenvalue weighted by Gasteiger charge is -2.35. The number of hydrogen-bond donors (Lipinski definition) is 1. The van der Waals surface area contributed by atoms with E-state index in [1.807, 2.05) is 6.92 Å². The maximum Gasteiger partial charge on any atom is 0.249 e. The number of hydrogen-bond acceptors (Lipinski definition) is 4. The van der Waals surface area contributed by atoms with Crippen LogP contribution in [0.15, 0.2) is 24.3 Å². The third kappa shape index (κ3) is 7.99. The van der Waals surface area contributed by atoms with Crippen molar-refractivity contribution in [2.24, 2.45) is 5.92 Å². The van der Waals surface area contributed by atoms with Crippen molar-refractivity contribution in [2.75, 3.05) is 19.7 Å². The summed E-state index contributed by atoms with van der Waals surface area (Å²) in [6.07, 6.45) is 1.13. The molecule has 5 heteroatoms. The van der Waals surface area contributed by atoms with Gasteiger partial charge in [0.15, 0.2) is 0 Å². The largest absolute Gasteiger partial charge is 0.373 e. The summed E-state index contributed by atoms with van der Waals surface area (Å²) >= 11 is 0. The molecule has 1 N–H and O–H groups in total. The van der Waals surface area contributed by atoms with Crippen molar-refractivity contribution in [1.82, 2.24) is 10.2 Å². The fourth-order valence-electron chi connectivity index (χ4n) is 3.32. The Morgan fingerprint density at radius 1 is 1.15 bits per heavy atom. The highest BCUT2D eigenvalue weighted by atomic mass is 16.5. The van der Waals surface area contributed by atoms with E-state index in [0.29, 0.717) is 19.1 Å². The summed E-state index contributed by atoms with van der Waals surface area (Å²) in [5.74, 6) is 0.529. The van der Waals surface area contributed by atoms with Gasteiger partial charge in [0, 0.05) is 32.8 Å².